The fourth-order valence-electron chi connectivity index (χ4n) is 9.02. The van der Waals surface area contributed by atoms with Crippen molar-refractivity contribution in [3.8, 4) is 0 Å². The summed E-state index contributed by atoms with van der Waals surface area (Å²) in [6.45, 7) is 6.51. The third-order valence-electron chi connectivity index (χ3n) is 13.3. The van der Waals surface area contributed by atoms with Gasteiger partial charge in [-0.1, -0.05) is 264 Å². The predicted octanol–water partition coefficient (Wildman–Crippen LogP) is 17.3. The maximum atomic E-state index is 13.2. The van der Waals surface area contributed by atoms with Crippen LogP contribution in [-0.2, 0) is 14.3 Å². The molecule has 0 saturated heterocycles. The number of aliphatic hydroxyl groups is 2. The highest BCUT2D eigenvalue weighted by molar-refractivity contribution is 5.77. The molecule has 0 heterocycles. The molecule has 374 valence electrons. The van der Waals surface area contributed by atoms with Crippen LogP contribution in [0, 0.1) is 0 Å². The molecular weight excluding hydrogens is 779 g/mol. The van der Waals surface area contributed by atoms with Crippen molar-refractivity contribution in [2.75, 3.05) is 6.61 Å². The van der Waals surface area contributed by atoms with Crippen LogP contribution in [0.15, 0.2) is 12.2 Å². The molecule has 0 bridgehead atoms. The van der Waals surface area contributed by atoms with Crippen LogP contribution in [0.25, 0.3) is 0 Å². The molecule has 0 saturated carbocycles. The number of rotatable bonds is 52. The predicted molar refractivity (Wildman–Crippen MR) is 273 cm³/mol. The van der Waals surface area contributed by atoms with Crippen LogP contribution in [-0.4, -0.2) is 46.9 Å². The van der Waals surface area contributed by atoms with Crippen molar-refractivity contribution in [2.45, 2.75) is 334 Å². The monoisotopic (exact) mass is 890 g/mol. The molecule has 0 spiro atoms. The van der Waals surface area contributed by atoms with Gasteiger partial charge in [-0.25, -0.2) is 0 Å². The van der Waals surface area contributed by atoms with Crippen molar-refractivity contribution in [2.24, 2.45) is 0 Å². The zero-order valence-electron chi connectivity index (χ0n) is 42.7. The topological polar surface area (TPSA) is 95.9 Å². The summed E-state index contributed by atoms with van der Waals surface area (Å²) in [4.78, 5) is 26.2. The van der Waals surface area contributed by atoms with Crippen molar-refractivity contribution in [1.82, 2.24) is 5.32 Å². The van der Waals surface area contributed by atoms with Gasteiger partial charge in [0, 0.05) is 6.42 Å². The molecule has 0 aliphatic heterocycles. The van der Waals surface area contributed by atoms with Gasteiger partial charge in [0.15, 0.2) is 0 Å². The Morgan fingerprint density at radius 2 is 0.762 bits per heavy atom. The molecule has 3 N–H and O–H groups in total. The zero-order chi connectivity index (χ0) is 45.9. The number of nitrogens with one attached hydrogen (secondary N) is 1. The van der Waals surface area contributed by atoms with Gasteiger partial charge in [-0.3, -0.25) is 9.59 Å². The first-order chi connectivity index (χ1) is 31.0. The fraction of sp³-hybridized carbons (Fsp3) is 0.930. The van der Waals surface area contributed by atoms with E-state index in [-0.39, 0.29) is 24.9 Å². The number of carbonyl (C=O) groups is 2. The number of amides is 1. The number of allylic oxidation sites excluding steroid dienone is 2. The highest BCUT2D eigenvalue weighted by Gasteiger charge is 2.24. The zero-order valence-corrected chi connectivity index (χ0v) is 42.7. The lowest BCUT2D eigenvalue weighted by Gasteiger charge is -2.24. The Morgan fingerprint density at radius 3 is 1.14 bits per heavy atom. The Kier molecular flexibility index (Phi) is 50.4. The lowest BCUT2D eigenvalue weighted by atomic mass is 10.0. The Labute approximate surface area is 393 Å². The standard InChI is InChI=1S/C57H111NO5/c1-4-7-10-13-16-19-22-24-26-27-28-29-30-32-35-38-41-44-47-50-57(62)63-53(48-45-42-39-36-34-31-25-23-20-17-14-11-8-5-2)51-56(61)58-54(52-59)55(60)49-46-43-40-37-33-21-18-15-12-9-6-3/h31,34,53-55,59-60H,4-30,32-33,35-52H2,1-3H3,(H,58,61)/b34-31+. The van der Waals surface area contributed by atoms with Crippen LogP contribution >= 0.6 is 0 Å². The second-order valence-corrected chi connectivity index (χ2v) is 19.7. The molecule has 0 fully saturated rings. The average Bonchev–Trinajstić information content (AvgIpc) is 3.28. The van der Waals surface area contributed by atoms with E-state index in [9.17, 15) is 19.8 Å². The van der Waals surface area contributed by atoms with Crippen molar-refractivity contribution in [3.63, 3.8) is 0 Å². The number of esters is 1. The minimum atomic E-state index is -0.785. The van der Waals surface area contributed by atoms with Gasteiger partial charge >= 0.3 is 5.97 Å². The summed E-state index contributed by atoms with van der Waals surface area (Å²) in [7, 11) is 0. The highest BCUT2D eigenvalue weighted by Crippen LogP contribution is 2.19. The van der Waals surface area contributed by atoms with Gasteiger partial charge in [0.25, 0.3) is 0 Å². The number of aliphatic hydroxyl groups excluding tert-OH is 2. The quantitative estimate of drug-likeness (QED) is 0.0321. The SMILES string of the molecule is CCCCCCCCC/C=C/CCCCCC(CC(=O)NC(CO)C(O)CCCCCCCCCCCCC)OC(=O)CCCCCCCCCCCCCCCCCCCCC. The molecule has 3 unspecified atom stereocenters. The van der Waals surface area contributed by atoms with Crippen LogP contribution in [0.4, 0.5) is 0 Å². The second kappa shape index (κ2) is 51.6. The smallest absolute Gasteiger partial charge is 0.306 e. The molecule has 6 heteroatoms. The van der Waals surface area contributed by atoms with Gasteiger partial charge in [-0.15, -0.1) is 0 Å². The Hall–Kier alpha value is -1.40. The van der Waals surface area contributed by atoms with Crippen molar-refractivity contribution in [3.05, 3.63) is 12.2 Å². The van der Waals surface area contributed by atoms with E-state index in [1.807, 2.05) is 0 Å². The maximum Gasteiger partial charge on any atom is 0.306 e. The molecule has 0 radical (unpaired) electrons. The van der Waals surface area contributed by atoms with E-state index in [1.54, 1.807) is 0 Å². The van der Waals surface area contributed by atoms with Gasteiger partial charge in [0.2, 0.25) is 5.91 Å². The molecule has 3 atom stereocenters. The molecule has 6 nitrogen and oxygen atoms in total. The van der Waals surface area contributed by atoms with Crippen LogP contribution in [0.2, 0.25) is 0 Å². The lowest BCUT2D eigenvalue weighted by molar-refractivity contribution is -0.151. The van der Waals surface area contributed by atoms with Gasteiger partial charge in [-0.05, 0) is 51.4 Å². The average molecular weight is 891 g/mol. The molecule has 0 aliphatic rings. The highest BCUT2D eigenvalue weighted by atomic mass is 16.5. The third kappa shape index (κ3) is 46.9. The van der Waals surface area contributed by atoms with Gasteiger partial charge in [0.05, 0.1) is 25.2 Å². The van der Waals surface area contributed by atoms with Gasteiger partial charge < -0.3 is 20.3 Å². The van der Waals surface area contributed by atoms with E-state index in [1.165, 1.54) is 212 Å². The van der Waals surface area contributed by atoms with Crippen molar-refractivity contribution in [1.29, 1.82) is 0 Å². The van der Waals surface area contributed by atoms with E-state index in [0.717, 1.165) is 57.8 Å². The Morgan fingerprint density at radius 1 is 0.444 bits per heavy atom. The molecule has 0 aromatic rings. The number of unbranched alkanes of at least 4 members (excludes halogenated alkanes) is 38. The van der Waals surface area contributed by atoms with Crippen molar-refractivity contribution < 1.29 is 24.5 Å². The molecule has 63 heavy (non-hydrogen) atoms. The van der Waals surface area contributed by atoms with Crippen LogP contribution in [0.3, 0.4) is 0 Å². The van der Waals surface area contributed by atoms with Crippen LogP contribution < -0.4 is 5.32 Å². The number of hydrogen-bond acceptors (Lipinski definition) is 5. The first-order valence-electron chi connectivity index (χ1n) is 28.4. The Balaban J connectivity index is 4.48. The summed E-state index contributed by atoms with van der Waals surface area (Å²) in [5.74, 6) is -0.468. The summed E-state index contributed by atoms with van der Waals surface area (Å²) in [6.07, 6.45) is 58.5. The lowest BCUT2D eigenvalue weighted by Crippen LogP contribution is -2.46. The number of carbonyl (C=O) groups excluding carboxylic acids is 2. The number of ether oxygens (including phenoxy) is 1. The first-order valence-corrected chi connectivity index (χ1v) is 28.4. The minimum Gasteiger partial charge on any atom is -0.462 e. The fourth-order valence-corrected chi connectivity index (χ4v) is 9.02. The normalized spacial score (nSPS) is 13.2. The third-order valence-corrected chi connectivity index (χ3v) is 13.3. The van der Waals surface area contributed by atoms with Gasteiger partial charge in [-0.2, -0.15) is 0 Å². The molecule has 0 aromatic heterocycles. The second-order valence-electron chi connectivity index (χ2n) is 19.7. The van der Waals surface area contributed by atoms with Crippen molar-refractivity contribution >= 4 is 11.9 Å². The largest absolute Gasteiger partial charge is 0.462 e. The summed E-state index contributed by atoms with van der Waals surface area (Å²) in [6, 6.07) is -0.700. The van der Waals surface area contributed by atoms with Crippen LogP contribution in [0.1, 0.15) is 316 Å². The minimum absolute atomic E-state index is 0.0744. The van der Waals surface area contributed by atoms with Crippen LogP contribution in [0.5, 0.6) is 0 Å². The molecule has 0 aliphatic carbocycles. The summed E-state index contributed by atoms with van der Waals surface area (Å²) in [5.41, 5.74) is 0. The first kappa shape index (κ1) is 61.6. The molecule has 0 aromatic carbocycles. The molecular formula is C57H111NO5. The Bertz CT molecular complexity index is 955. The van der Waals surface area contributed by atoms with E-state index >= 15 is 0 Å². The summed E-state index contributed by atoms with van der Waals surface area (Å²) < 4.78 is 5.95. The van der Waals surface area contributed by atoms with E-state index in [4.69, 9.17) is 4.74 Å². The summed E-state index contributed by atoms with van der Waals surface area (Å²) in [5, 5.41) is 23.8. The molecule has 0 rings (SSSR count). The maximum absolute atomic E-state index is 13.2. The molecule has 1 amide bonds. The summed E-state index contributed by atoms with van der Waals surface area (Å²) >= 11 is 0. The van der Waals surface area contributed by atoms with E-state index < -0.39 is 18.2 Å². The van der Waals surface area contributed by atoms with E-state index in [2.05, 4.69) is 38.2 Å². The number of hydrogen-bond donors (Lipinski definition) is 3. The van der Waals surface area contributed by atoms with E-state index in [0.29, 0.717) is 19.3 Å². The van der Waals surface area contributed by atoms with Gasteiger partial charge in [0.1, 0.15) is 6.10 Å².